The first-order chi connectivity index (χ1) is 10.5. The van der Waals surface area contributed by atoms with Gasteiger partial charge in [0.15, 0.2) is 5.96 Å². The molecule has 0 aliphatic carbocycles. The highest BCUT2D eigenvalue weighted by Crippen LogP contribution is 2.08. The number of nitrogens with one attached hydrogen (secondary N) is 3. The molecule has 0 heterocycles. The van der Waals surface area contributed by atoms with Gasteiger partial charge in [0.25, 0.3) is 0 Å². The lowest BCUT2D eigenvalue weighted by Crippen LogP contribution is -2.42. The molecule has 0 saturated heterocycles. The fraction of sp³-hybridized carbons (Fsp3) is 0.882. The Morgan fingerprint density at radius 3 is 2.35 bits per heavy atom. The Bertz CT molecular complexity index is 322. The minimum Gasteiger partial charge on any atom is -0.357 e. The molecule has 0 aliphatic rings. The summed E-state index contributed by atoms with van der Waals surface area (Å²) in [6.07, 6.45) is 5.03. The van der Waals surface area contributed by atoms with Crippen LogP contribution in [0.3, 0.4) is 0 Å². The quantitative estimate of drug-likeness (QED) is 0.263. The van der Waals surface area contributed by atoms with Crippen LogP contribution in [-0.2, 0) is 4.79 Å². The third-order valence-electron chi connectivity index (χ3n) is 3.33. The number of hydrogen-bond acceptors (Lipinski definition) is 2. The van der Waals surface area contributed by atoms with Gasteiger partial charge < -0.3 is 16.0 Å². The zero-order valence-corrected chi connectivity index (χ0v) is 17.9. The molecule has 1 unspecified atom stereocenters. The van der Waals surface area contributed by atoms with Crippen LogP contribution in [0.2, 0.25) is 0 Å². The Morgan fingerprint density at radius 1 is 1.09 bits per heavy atom. The molecule has 0 spiro atoms. The van der Waals surface area contributed by atoms with Gasteiger partial charge in [-0.05, 0) is 32.6 Å². The van der Waals surface area contributed by atoms with Gasteiger partial charge in [0, 0.05) is 25.6 Å². The molecule has 0 rings (SSSR count). The molecule has 138 valence electrons. The third-order valence-corrected chi connectivity index (χ3v) is 3.33. The van der Waals surface area contributed by atoms with E-state index in [0.29, 0.717) is 19.0 Å². The Hall–Kier alpha value is -0.530. The maximum Gasteiger partial charge on any atom is 0.221 e. The van der Waals surface area contributed by atoms with Crippen molar-refractivity contribution in [3.05, 3.63) is 0 Å². The summed E-state index contributed by atoms with van der Waals surface area (Å²) >= 11 is 0. The molecule has 0 bridgehead atoms. The van der Waals surface area contributed by atoms with E-state index in [1.54, 1.807) is 0 Å². The molecule has 0 aliphatic heterocycles. The number of carbonyl (C=O) groups excluding carboxylic acids is 1. The van der Waals surface area contributed by atoms with Crippen molar-refractivity contribution in [2.75, 3.05) is 19.6 Å². The molecule has 3 N–H and O–H groups in total. The van der Waals surface area contributed by atoms with E-state index >= 15 is 0 Å². The smallest absolute Gasteiger partial charge is 0.221 e. The first-order valence-corrected chi connectivity index (χ1v) is 8.81. The van der Waals surface area contributed by atoms with Gasteiger partial charge in [-0.25, -0.2) is 0 Å². The molecule has 0 saturated carbocycles. The molecule has 0 radical (unpaired) electrons. The van der Waals surface area contributed by atoms with Crippen molar-refractivity contribution < 1.29 is 4.79 Å². The number of guanidine groups is 1. The molecule has 0 aromatic heterocycles. The average Bonchev–Trinajstić information content (AvgIpc) is 2.44. The van der Waals surface area contributed by atoms with Crippen molar-refractivity contribution in [2.45, 2.75) is 72.8 Å². The molecule has 1 amide bonds. The normalized spacial score (nSPS) is 12.5. The summed E-state index contributed by atoms with van der Waals surface area (Å²) in [5.41, 5.74) is 0. The zero-order valence-electron chi connectivity index (χ0n) is 15.6. The Kier molecular flexibility index (Phi) is 17.6. The van der Waals surface area contributed by atoms with Crippen LogP contribution in [0, 0.1) is 5.92 Å². The van der Waals surface area contributed by atoms with Crippen molar-refractivity contribution >= 4 is 35.8 Å². The second-order valence-electron chi connectivity index (χ2n) is 6.23. The van der Waals surface area contributed by atoms with Crippen molar-refractivity contribution in [1.82, 2.24) is 16.0 Å². The van der Waals surface area contributed by atoms with Crippen molar-refractivity contribution in [3.63, 3.8) is 0 Å². The first-order valence-electron chi connectivity index (χ1n) is 8.81. The van der Waals surface area contributed by atoms with E-state index in [2.05, 4.69) is 48.6 Å². The number of halogens is 1. The zero-order chi connectivity index (χ0) is 16.8. The Balaban J connectivity index is 0. The van der Waals surface area contributed by atoms with Crippen molar-refractivity contribution in [1.29, 1.82) is 0 Å². The molecule has 5 nitrogen and oxygen atoms in total. The SMILES string of the molecule is CCCNC(=O)CCN=C(NCC)NC(C)CCCC(C)C.I. The predicted molar refractivity (Wildman–Crippen MR) is 111 cm³/mol. The maximum atomic E-state index is 11.5. The number of nitrogens with zero attached hydrogens (tertiary/aromatic N) is 1. The molecule has 0 aromatic rings. The second kappa shape index (κ2) is 16.3. The molecular formula is C17H37IN4O. The minimum atomic E-state index is 0. The lowest BCUT2D eigenvalue weighted by Gasteiger charge is -2.18. The first kappa shape index (κ1) is 24.7. The summed E-state index contributed by atoms with van der Waals surface area (Å²) < 4.78 is 0. The third kappa shape index (κ3) is 16.1. The summed E-state index contributed by atoms with van der Waals surface area (Å²) in [7, 11) is 0. The number of hydrogen-bond donors (Lipinski definition) is 3. The largest absolute Gasteiger partial charge is 0.357 e. The van der Waals surface area contributed by atoms with Crippen LogP contribution in [0.1, 0.15) is 66.7 Å². The molecule has 1 atom stereocenters. The van der Waals surface area contributed by atoms with Crippen LogP contribution in [0.4, 0.5) is 0 Å². The summed E-state index contributed by atoms with van der Waals surface area (Å²) in [4.78, 5) is 16.0. The van der Waals surface area contributed by atoms with E-state index in [1.165, 1.54) is 12.8 Å². The lowest BCUT2D eigenvalue weighted by atomic mass is 10.0. The van der Waals surface area contributed by atoms with Crippen molar-refractivity contribution in [3.8, 4) is 0 Å². The van der Waals surface area contributed by atoms with Gasteiger partial charge in [-0.3, -0.25) is 9.79 Å². The van der Waals surface area contributed by atoms with E-state index in [0.717, 1.165) is 37.8 Å². The maximum absolute atomic E-state index is 11.5. The van der Waals surface area contributed by atoms with E-state index < -0.39 is 0 Å². The Labute approximate surface area is 159 Å². The highest BCUT2D eigenvalue weighted by molar-refractivity contribution is 14.0. The van der Waals surface area contributed by atoms with Gasteiger partial charge in [0.05, 0.1) is 6.54 Å². The summed E-state index contributed by atoms with van der Waals surface area (Å²) in [6.45, 7) is 12.9. The fourth-order valence-electron chi connectivity index (χ4n) is 2.08. The van der Waals surface area contributed by atoms with Gasteiger partial charge >= 0.3 is 0 Å². The van der Waals surface area contributed by atoms with E-state index in [-0.39, 0.29) is 29.9 Å². The van der Waals surface area contributed by atoms with Crippen LogP contribution in [0.5, 0.6) is 0 Å². The highest BCUT2D eigenvalue weighted by atomic mass is 127. The van der Waals surface area contributed by atoms with Gasteiger partial charge in [-0.15, -0.1) is 24.0 Å². The molecular weight excluding hydrogens is 403 g/mol. The number of aliphatic imine (C=N–C) groups is 1. The van der Waals surface area contributed by atoms with Crippen LogP contribution in [-0.4, -0.2) is 37.5 Å². The molecule has 0 aromatic carbocycles. The van der Waals surface area contributed by atoms with Gasteiger partial charge in [-0.1, -0.05) is 33.6 Å². The topological polar surface area (TPSA) is 65.5 Å². The summed E-state index contributed by atoms with van der Waals surface area (Å²) in [5.74, 6) is 1.64. The van der Waals surface area contributed by atoms with Crippen LogP contribution in [0.25, 0.3) is 0 Å². The highest BCUT2D eigenvalue weighted by Gasteiger charge is 2.06. The van der Waals surface area contributed by atoms with E-state index in [4.69, 9.17) is 0 Å². The van der Waals surface area contributed by atoms with Crippen LogP contribution >= 0.6 is 24.0 Å². The summed E-state index contributed by atoms with van der Waals surface area (Å²) in [5, 5.41) is 9.52. The monoisotopic (exact) mass is 440 g/mol. The summed E-state index contributed by atoms with van der Waals surface area (Å²) in [6, 6.07) is 0.394. The molecule has 23 heavy (non-hydrogen) atoms. The average molecular weight is 440 g/mol. The van der Waals surface area contributed by atoms with Gasteiger partial charge in [0.2, 0.25) is 5.91 Å². The van der Waals surface area contributed by atoms with Crippen LogP contribution < -0.4 is 16.0 Å². The second-order valence-corrected chi connectivity index (χ2v) is 6.23. The fourth-order valence-corrected chi connectivity index (χ4v) is 2.08. The van der Waals surface area contributed by atoms with Crippen molar-refractivity contribution in [2.24, 2.45) is 10.9 Å². The number of amides is 1. The lowest BCUT2D eigenvalue weighted by molar-refractivity contribution is -0.120. The minimum absolute atomic E-state index is 0. The van der Waals surface area contributed by atoms with Crippen LogP contribution in [0.15, 0.2) is 4.99 Å². The van der Waals surface area contributed by atoms with E-state index in [9.17, 15) is 4.79 Å². The molecule has 6 heteroatoms. The standard InChI is InChI=1S/C17H36N4O.HI/c1-6-12-19-16(22)11-13-20-17(18-7-2)21-15(5)10-8-9-14(3)4;/h14-15H,6-13H2,1-5H3,(H,19,22)(H2,18,20,21);1H. The number of rotatable bonds is 11. The Morgan fingerprint density at radius 2 is 1.78 bits per heavy atom. The number of carbonyl (C=O) groups is 1. The molecule has 0 fully saturated rings. The van der Waals surface area contributed by atoms with Gasteiger partial charge in [0.1, 0.15) is 0 Å². The van der Waals surface area contributed by atoms with Gasteiger partial charge in [-0.2, -0.15) is 0 Å². The predicted octanol–water partition coefficient (Wildman–Crippen LogP) is 3.29. The van der Waals surface area contributed by atoms with E-state index in [1.807, 2.05) is 6.92 Å².